The van der Waals surface area contributed by atoms with Crippen LogP contribution in [0.3, 0.4) is 0 Å². The summed E-state index contributed by atoms with van der Waals surface area (Å²) in [6.45, 7) is 0.0827. The maximum atomic E-state index is 12.3. The van der Waals surface area contributed by atoms with Gasteiger partial charge in [0.15, 0.2) is 0 Å². The van der Waals surface area contributed by atoms with Crippen LogP contribution >= 0.6 is 24.4 Å². The molecule has 1 aliphatic heterocycles. The van der Waals surface area contributed by atoms with E-state index in [0.29, 0.717) is 31.6 Å². The minimum absolute atomic E-state index is 0.179. The second-order valence-corrected chi connectivity index (χ2v) is 7.29. The van der Waals surface area contributed by atoms with Crippen LogP contribution in [0, 0.1) is 0 Å². The molecule has 0 aliphatic carbocycles. The fraction of sp³-hybridized carbons (Fsp3) is 0.733. The van der Waals surface area contributed by atoms with E-state index >= 15 is 0 Å². The zero-order valence-corrected chi connectivity index (χ0v) is 16.4. The zero-order chi connectivity index (χ0) is 19.7. The van der Waals surface area contributed by atoms with Gasteiger partial charge in [0, 0.05) is 12.3 Å². The molecule has 3 amide bonds. The highest BCUT2D eigenvalue weighted by Crippen LogP contribution is 2.18. The Kier molecular flexibility index (Phi) is 9.81. The van der Waals surface area contributed by atoms with Gasteiger partial charge in [-0.15, -0.1) is 0 Å². The van der Waals surface area contributed by atoms with Crippen molar-refractivity contribution in [3.05, 3.63) is 0 Å². The number of amides is 3. The molecule has 0 aromatic heterocycles. The summed E-state index contributed by atoms with van der Waals surface area (Å²) in [5.74, 6) is -1.73. The Bertz CT molecular complexity index is 534. The lowest BCUT2D eigenvalue weighted by Crippen LogP contribution is -2.53. The molecule has 0 bridgehead atoms. The summed E-state index contributed by atoms with van der Waals surface area (Å²) in [6.07, 6.45) is 3.30. The first-order valence-corrected chi connectivity index (χ1v) is 10.3. The third-order valence-electron chi connectivity index (χ3n) is 4.02. The SMILES string of the molecule is CSCCC(NC(=O)CNC(=O)C1CCCN1C(=O)C(N)CS)C(=O)O. The zero-order valence-electron chi connectivity index (χ0n) is 14.6. The molecule has 0 saturated carbocycles. The van der Waals surface area contributed by atoms with Gasteiger partial charge < -0.3 is 26.4 Å². The smallest absolute Gasteiger partial charge is 0.326 e. The number of carbonyl (C=O) groups excluding carboxylic acids is 3. The fourth-order valence-corrected chi connectivity index (χ4v) is 3.25. The molecule has 1 heterocycles. The number of carboxylic acid groups (broad SMARTS) is 1. The second-order valence-electron chi connectivity index (χ2n) is 5.94. The highest BCUT2D eigenvalue weighted by atomic mass is 32.2. The monoisotopic (exact) mass is 406 g/mol. The largest absolute Gasteiger partial charge is 0.480 e. The number of hydrogen-bond acceptors (Lipinski definition) is 7. The van der Waals surface area contributed by atoms with Crippen LogP contribution in [-0.2, 0) is 19.2 Å². The van der Waals surface area contributed by atoms with Gasteiger partial charge in [-0.3, -0.25) is 14.4 Å². The van der Waals surface area contributed by atoms with E-state index in [1.165, 1.54) is 16.7 Å². The maximum absolute atomic E-state index is 12.3. The lowest BCUT2D eigenvalue weighted by molar-refractivity contribution is -0.142. The van der Waals surface area contributed by atoms with Crippen LogP contribution in [0.15, 0.2) is 0 Å². The van der Waals surface area contributed by atoms with E-state index in [1.54, 1.807) is 0 Å². The predicted molar refractivity (Wildman–Crippen MR) is 102 cm³/mol. The topological polar surface area (TPSA) is 142 Å². The summed E-state index contributed by atoms with van der Waals surface area (Å²) in [6, 6.07) is -2.44. The number of rotatable bonds is 10. The molecule has 1 saturated heterocycles. The molecule has 5 N–H and O–H groups in total. The fourth-order valence-electron chi connectivity index (χ4n) is 2.62. The van der Waals surface area contributed by atoms with Crippen molar-refractivity contribution in [1.82, 2.24) is 15.5 Å². The van der Waals surface area contributed by atoms with Gasteiger partial charge in [-0.25, -0.2) is 4.79 Å². The normalized spacial score (nSPS) is 18.9. The van der Waals surface area contributed by atoms with Crippen molar-refractivity contribution < 1.29 is 24.3 Å². The number of likely N-dealkylation sites (tertiary alicyclic amines) is 1. The lowest BCUT2D eigenvalue weighted by Gasteiger charge is -2.26. The summed E-state index contributed by atoms with van der Waals surface area (Å²) >= 11 is 5.47. The Morgan fingerprint density at radius 3 is 2.65 bits per heavy atom. The summed E-state index contributed by atoms with van der Waals surface area (Å²) in [5, 5.41) is 13.9. The van der Waals surface area contributed by atoms with Gasteiger partial charge >= 0.3 is 5.97 Å². The average molecular weight is 407 g/mol. The minimum Gasteiger partial charge on any atom is -0.480 e. The molecule has 3 unspecified atom stereocenters. The van der Waals surface area contributed by atoms with Gasteiger partial charge in [0.1, 0.15) is 12.1 Å². The second kappa shape index (κ2) is 11.3. The van der Waals surface area contributed by atoms with Crippen LogP contribution in [0.25, 0.3) is 0 Å². The number of nitrogens with two attached hydrogens (primary N) is 1. The van der Waals surface area contributed by atoms with Crippen LogP contribution in [0.4, 0.5) is 0 Å². The van der Waals surface area contributed by atoms with E-state index in [4.69, 9.17) is 10.8 Å². The van der Waals surface area contributed by atoms with Crippen molar-refractivity contribution in [2.75, 3.05) is 30.9 Å². The number of carboxylic acids is 1. The van der Waals surface area contributed by atoms with Crippen molar-refractivity contribution in [3.8, 4) is 0 Å². The standard InChI is InChI=1S/C15H26N4O5S2/c1-26-6-4-10(15(23)24)18-12(20)7-17-13(21)11-3-2-5-19(11)14(22)9(16)8-25/h9-11,25H,2-8,16H2,1H3,(H,17,21)(H,18,20)(H,23,24). The number of nitrogens with one attached hydrogen (secondary N) is 2. The molecule has 26 heavy (non-hydrogen) atoms. The van der Waals surface area contributed by atoms with E-state index in [0.717, 1.165) is 0 Å². The molecule has 1 rings (SSSR count). The van der Waals surface area contributed by atoms with Crippen molar-refractivity contribution in [3.63, 3.8) is 0 Å². The Balaban J connectivity index is 2.52. The summed E-state index contributed by atoms with van der Waals surface area (Å²) in [4.78, 5) is 48.9. The Hall–Kier alpha value is -1.46. The van der Waals surface area contributed by atoms with Crippen LogP contribution in [0.5, 0.6) is 0 Å². The van der Waals surface area contributed by atoms with E-state index in [1.807, 2.05) is 6.26 Å². The molecule has 0 spiro atoms. The van der Waals surface area contributed by atoms with Crippen LogP contribution < -0.4 is 16.4 Å². The van der Waals surface area contributed by atoms with Crippen LogP contribution in [0.2, 0.25) is 0 Å². The molecule has 1 aliphatic rings. The van der Waals surface area contributed by atoms with Crippen LogP contribution in [0.1, 0.15) is 19.3 Å². The first-order chi connectivity index (χ1) is 12.3. The molecule has 1 fully saturated rings. The van der Waals surface area contributed by atoms with E-state index < -0.39 is 35.9 Å². The Morgan fingerprint density at radius 2 is 2.08 bits per heavy atom. The third kappa shape index (κ3) is 6.69. The van der Waals surface area contributed by atoms with Gasteiger partial charge in [-0.05, 0) is 31.3 Å². The predicted octanol–water partition coefficient (Wildman–Crippen LogP) is -1.33. The average Bonchev–Trinajstić information content (AvgIpc) is 3.11. The maximum Gasteiger partial charge on any atom is 0.326 e. The molecule has 11 heteroatoms. The number of nitrogens with zero attached hydrogens (tertiary/aromatic N) is 1. The minimum atomic E-state index is -1.12. The van der Waals surface area contributed by atoms with Gasteiger partial charge in [-0.2, -0.15) is 24.4 Å². The van der Waals surface area contributed by atoms with Crippen molar-refractivity contribution in [1.29, 1.82) is 0 Å². The van der Waals surface area contributed by atoms with Crippen molar-refractivity contribution in [2.24, 2.45) is 5.73 Å². The molecule has 0 radical (unpaired) electrons. The highest BCUT2D eigenvalue weighted by molar-refractivity contribution is 7.98. The third-order valence-corrected chi connectivity index (χ3v) is 5.06. The number of carbonyl (C=O) groups is 4. The first kappa shape index (κ1) is 22.6. The molecule has 0 aromatic rings. The molecular formula is C15H26N4O5S2. The molecular weight excluding hydrogens is 380 g/mol. The number of hydrogen-bond donors (Lipinski definition) is 5. The van der Waals surface area contributed by atoms with Gasteiger partial charge in [-0.1, -0.05) is 0 Å². The van der Waals surface area contributed by atoms with Gasteiger partial charge in [0.2, 0.25) is 17.7 Å². The lowest BCUT2D eigenvalue weighted by atomic mass is 10.2. The molecule has 3 atom stereocenters. The number of thiol groups is 1. The molecule has 9 nitrogen and oxygen atoms in total. The first-order valence-electron chi connectivity index (χ1n) is 8.27. The van der Waals surface area contributed by atoms with E-state index in [9.17, 15) is 19.2 Å². The molecule has 148 valence electrons. The van der Waals surface area contributed by atoms with Gasteiger partial charge in [0.25, 0.3) is 0 Å². The summed E-state index contributed by atoms with van der Waals surface area (Å²) in [5.41, 5.74) is 5.68. The Labute approximate surface area is 162 Å². The van der Waals surface area contributed by atoms with Gasteiger partial charge in [0.05, 0.1) is 12.6 Å². The summed E-state index contributed by atoms with van der Waals surface area (Å²) in [7, 11) is 0. The highest BCUT2D eigenvalue weighted by Gasteiger charge is 2.35. The van der Waals surface area contributed by atoms with Crippen molar-refractivity contribution >= 4 is 48.1 Å². The van der Waals surface area contributed by atoms with E-state index in [2.05, 4.69) is 23.3 Å². The number of aliphatic carboxylic acids is 1. The quantitative estimate of drug-likeness (QED) is 0.283. The Morgan fingerprint density at radius 1 is 1.38 bits per heavy atom. The van der Waals surface area contributed by atoms with Crippen LogP contribution in [-0.4, -0.2) is 82.7 Å². The van der Waals surface area contributed by atoms with E-state index in [-0.39, 0.29) is 18.2 Å². The van der Waals surface area contributed by atoms with Crippen molar-refractivity contribution in [2.45, 2.75) is 37.4 Å². The number of thioether (sulfide) groups is 1. The summed E-state index contributed by atoms with van der Waals surface area (Å²) < 4.78 is 0. The molecule has 0 aromatic carbocycles.